The molecule has 5 nitrogen and oxygen atoms in total. The second-order valence-electron chi connectivity index (χ2n) is 5.43. The number of likely N-dealkylation sites (tertiary alicyclic amines) is 1. The highest BCUT2D eigenvalue weighted by atomic mass is 32.2. The van der Waals surface area contributed by atoms with Crippen molar-refractivity contribution in [2.24, 2.45) is 5.73 Å². The summed E-state index contributed by atoms with van der Waals surface area (Å²) in [7, 11) is 0.286. The predicted octanol–water partition coefficient (Wildman–Crippen LogP) is 0.860. The van der Waals surface area contributed by atoms with E-state index in [2.05, 4.69) is 4.90 Å². The molecule has 0 saturated carbocycles. The van der Waals surface area contributed by atoms with E-state index in [1.807, 2.05) is 7.05 Å². The van der Waals surface area contributed by atoms with Crippen LogP contribution >= 0.6 is 0 Å². The maximum Gasteiger partial charge on any atom is 0.243 e. The van der Waals surface area contributed by atoms with Crippen molar-refractivity contribution in [1.29, 1.82) is 0 Å². The van der Waals surface area contributed by atoms with Crippen LogP contribution in [0.1, 0.15) is 18.4 Å². The van der Waals surface area contributed by atoms with Crippen LogP contribution in [-0.2, 0) is 16.6 Å². The van der Waals surface area contributed by atoms with Crippen molar-refractivity contribution in [1.82, 2.24) is 9.21 Å². The number of benzene rings is 1. The summed E-state index contributed by atoms with van der Waals surface area (Å²) in [6, 6.07) is 6.87. The first-order chi connectivity index (χ1) is 9.45. The van der Waals surface area contributed by atoms with Gasteiger partial charge in [-0.2, -0.15) is 4.31 Å². The van der Waals surface area contributed by atoms with Crippen molar-refractivity contribution in [2.75, 3.05) is 27.2 Å². The lowest BCUT2D eigenvalue weighted by Gasteiger charge is -2.35. The minimum atomic E-state index is -3.42. The SMILES string of the molecule is CN1CCCC(N(C)S(=O)(=O)c2ccc(CN)cc2)C1. The smallest absolute Gasteiger partial charge is 0.243 e. The van der Waals surface area contributed by atoms with E-state index >= 15 is 0 Å². The van der Waals surface area contributed by atoms with Crippen LogP contribution in [0.25, 0.3) is 0 Å². The van der Waals surface area contributed by atoms with Crippen molar-refractivity contribution in [3.63, 3.8) is 0 Å². The lowest BCUT2D eigenvalue weighted by molar-refractivity contribution is 0.187. The molecule has 6 heteroatoms. The minimum Gasteiger partial charge on any atom is -0.326 e. The minimum absolute atomic E-state index is 0.0490. The summed E-state index contributed by atoms with van der Waals surface area (Å²) >= 11 is 0. The summed E-state index contributed by atoms with van der Waals surface area (Å²) < 4.78 is 26.7. The van der Waals surface area contributed by atoms with Gasteiger partial charge in [-0.3, -0.25) is 0 Å². The van der Waals surface area contributed by atoms with Gasteiger partial charge in [0.05, 0.1) is 4.90 Å². The zero-order valence-corrected chi connectivity index (χ0v) is 12.9. The van der Waals surface area contributed by atoms with E-state index in [1.54, 1.807) is 31.3 Å². The molecule has 0 aliphatic carbocycles. The van der Waals surface area contributed by atoms with E-state index < -0.39 is 10.0 Å². The van der Waals surface area contributed by atoms with Gasteiger partial charge in [0.25, 0.3) is 0 Å². The maximum absolute atomic E-state index is 12.6. The molecule has 112 valence electrons. The second kappa shape index (κ2) is 6.22. The zero-order valence-electron chi connectivity index (χ0n) is 12.1. The van der Waals surface area contributed by atoms with Crippen molar-refractivity contribution in [2.45, 2.75) is 30.3 Å². The average Bonchev–Trinajstić information content (AvgIpc) is 2.46. The number of sulfonamides is 1. The maximum atomic E-state index is 12.6. The first kappa shape index (κ1) is 15.4. The molecule has 1 atom stereocenters. The van der Waals surface area contributed by atoms with Gasteiger partial charge in [-0.05, 0) is 44.1 Å². The third-order valence-corrected chi connectivity index (χ3v) is 5.87. The summed E-state index contributed by atoms with van der Waals surface area (Å²) in [4.78, 5) is 2.52. The molecule has 1 fully saturated rings. The number of rotatable bonds is 4. The topological polar surface area (TPSA) is 66.6 Å². The molecule has 0 radical (unpaired) electrons. The molecule has 1 saturated heterocycles. The number of hydrogen-bond acceptors (Lipinski definition) is 4. The molecule has 0 bridgehead atoms. The molecule has 2 rings (SSSR count). The van der Waals surface area contributed by atoms with Gasteiger partial charge in [0.2, 0.25) is 10.0 Å². The van der Waals surface area contributed by atoms with Crippen LogP contribution in [0.5, 0.6) is 0 Å². The number of likely N-dealkylation sites (N-methyl/N-ethyl adjacent to an activating group) is 2. The Morgan fingerprint density at radius 3 is 2.55 bits per heavy atom. The Balaban J connectivity index is 2.19. The fourth-order valence-corrected chi connectivity index (χ4v) is 3.97. The van der Waals surface area contributed by atoms with Crippen LogP contribution in [-0.4, -0.2) is 50.8 Å². The molecule has 1 unspecified atom stereocenters. The fraction of sp³-hybridized carbons (Fsp3) is 0.571. The highest BCUT2D eigenvalue weighted by Crippen LogP contribution is 2.21. The predicted molar refractivity (Wildman–Crippen MR) is 79.8 cm³/mol. The standard InChI is InChI=1S/C14H23N3O2S/c1-16-9-3-4-13(11-16)17(2)20(18,19)14-7-5-12(10-15)6-8-14/h5-8,13H,3-4,9-11,15H2,1-2H3. The number of nitrogens with two attached hydrogens (primary N) is 1. The van der Waals surface area contributed by atoms with Gasteiger partial charge in [0, 0.05) is 26.2 Å². The molecule has 0 amide bonds. The van der Waals surface area contributed by atoms with Crippen LogP contribution in [0.3, 0.4) is 0 Å². The van der Waals surface area contributed by atoms with Gasteiger partial charge in [0.15, 0.2) is 0 Å². The number of hydrogen-bond donors (Lipinski definition) is 1. The molecule has 1 aromatic carbocycles. The van der Waals surface area contributed by atoms with Crippen molar-refractivity contribution in [3.05, 3.63) is 29.8 Å². The first-order valence-electron chi connectivity index (χ1n) is 6.90. The molecule has 20 heavy (non-hydrogen) atoms. The summed E-state index contributed by atoms with van der Waals surface area (Å²) in [5.41, 5.74) is 6.47. The lowest BCUT2D eigenvalue weighted by atomic mass is 10.1. The largest absolute Gasteiger partial charge is 0.326 e. The van der Waals surface area contributed by atoms with Crippen molar-refractivity contribution in [3.8, 4) is 0 Å². The molecule has 0 spiro atoms. The molecule has 2 N–H and O–H groups in total. The van der Waals surface area contributed by atoms with E-state index in [4.69, 9.17) is 5.73 Å². The Hall–Kier alpha value is -0.950. The first-order valence-corrected chi connectivity index (χ1v) is 8.34. The molecule has 1 aromatic rings. The molecular weight excluding hydrogens is 274 g/mol. The van der Waals surface area contributed by atoms with Crippen LogP contribution in [0, 0.1) is 0 Å². The van der Waals surface area contributed by atoms with Crippen LogP contribution < -0.4 is 5.73 Å². The average molecular weight is 297 g/mol. The normalized spacial score (nSPS) is 21.3. The Kier molecular flexibility index (Phi) is 4.80. The molecule has 1 aliphatic rings. The fourth-order valence-electron chi connectivity index (χ4n) is 2.60. The van der Waals surface area contributed by atoms with E-state index in [1.165, 1.54) is 4.31 Å². The summed E-state index contributed by atoms with van der Waals surface area (Å²) in [6.07, 6.45) is 1.95. The molecule has 1 heterocycles. The van der Waals surface area contributed by atoms with Crippen LogP contribution in [0.15, 0.2) is 29.2 Å². The zero-order chi connectivity index (χ0) is 14.8. The summed E-state index contributed by atoms with van der Waals surface area (Å²) in [5, 5.41) is 0. The van der Waals surface area contributed by atoms with E-state index in [0.717, 1.165) is 31.5 Å². The number of nitrogens with zero attached hydrogens (tertiary/aromatic N) is 2. The van der Waals surface area contributed by atoms with Gasteiger partial charge in [0.1, 0.15) is 0 Å². The van der Waals surface area contributed by atoms with Gasteiger partial charge < -0.3 is 10.6 Å². The third-order valence-electron chi connectivity index (χ3n) is 3.95. The van der Waals surface area contributed by atoms with Crippen molar-refractivity contribution >= 4 is 10.0 Å². The molecule has 0 aromatic heterocycles. The quantitative estimate of drug-likeness (QED) is 0.895. The van der Waals surface area contributed by atoms with Gasteiger partial charge in [-0.1, -0.05) is 12.1 Å². The van der Waals surface area contributed by atoms with E-state index in [9.17, 15) is 8.42 Å². The van der Waals surface area contributed by atoms with Gasteiger partial charge in [-0.25, -0.2) is 8.42 Å². The molecule has 1 aliphatic heterocycles. The Labute approximate surface area is 121 Å². The van der Waals surface area contributed by atoms with Crippen molar-refractivity contribution < 1.29 is 8.42 Å². The Morgan fingerprint density at radius 2 is 2.00 bits per heavy atom. The number of piperidine rings is 1. The third kappa shape index (κ3) is 3.20. The summed E-state index contributed by atoms with van der Waals surface area (Å²) in [6.45, 7) is 2.25. The van der Waals surface area contributed by atoms with E-state index in [0.29, 0.717) is 11.4 Å². The highest BCUT2D eigenvalue weighted by molar-refractivity contribution is 7.89. The van der Waals surface area contributed by atoms with E-state index in [-0.39, 0.29) is 6.04 Å². The summed E-state index contributed by atoms with van der Waals surface area (Å²) in [5.74, 6) is 0. The lowest BCUT2D eigenvalue weighted by Crippen LogP contribution is -2.47. The highest BCUT2D eigenvalue weighted by Gasteiger charge is 2.30. The monoisotopic (exact) mass is 297 g/mol. The Bertz CT molecular complexity index is 542. The second-order valence-corrected chi connectivity index (χ2v) is 7.43. The van der Waals surface area contributed by atoms with Gasteiger partial charge >= 0.3 is 0 Å². The van der Waals surface area contributed by atoms with Gasteiger partial charge in [-0.15, -0.1) is 0 Å². The molecular formula is C14H23N3O2S. The Morgan fingerprint density at radius 1 is 1.35 bits per heavy atom. The van der Waals surface area contributed by atoms with Crippen LogP contribution in [0.4, 0.5) is 0 Å². The van der Waals surface area contributed by atoms with Crippen LogP contribution in [0.2, 0.25) is 0 Å².